The fraction of sp³-hybridized carbons (Fsp3) is 0.583. The van der Waals surface area contributed by atoms with Gasteiger partial charge in [0, 0.05) is 13.1 Å². The molecule has 2 heterocycles. The molecule has 16 heavy (non-hydrogen) atoms. The topological polar surface area (TPSA) is 33.5 Å². The predicted octanol–water partition coefficient (Wildman–Crippen LogP) is 2.53. The molecule has 1 aromatic rings. The van der Waals surface area contributed by atoms with Gasteiger partial charge in [0.15, 0.2) is 0 Å². The number of carbonyl (C=O) groups is 1. The van der Waals surface area contributed by atoms with Crippen molar-refractivity contribution in [3.05, 3.63) is 24.2 Å². The molecule has 0 unspecified atom stereocenters. The Balaban J connectivity index is 1.67. The van der Waals surface area contributed by atoms with E-state index in [-0.39, 0.29) is 5.91 Å². The third-order valence-corrected chi connectivity index (χ3v) is 3.70. The first-order valence-electron chi connectivity index (χ1n) is 5.74. The van der Waals surface area contributed by atoms with Crippen LogP contribution in [0.2, 0.25) is 0 Å². The monoisotopic (exact) mass is 239 g/mol. The van der Waals surface area contributed by atoms with Gasteiger partial charge in [-0.05, 0) is 31.4 Å². The van der Waals surface area contributed by atoms with Gasteiger partial charge in [-0.15, -0.1) is 11.8 Å². The third-order valence-electron chi connectivity index (χ3n) is 2.76. The molecule has 0 atom stereocenters. The average Bonchev–Trinajstić information content (AvgIpc) is 2.83. The molecule has 1 amide bonds. The van der Waals surface area contributed by atoms with E-state index in [1.54, 1.807) is 18.0 Å². The molecule has 88 valence electrons. The summed E-state index contributed by atoms with van der Waals surface area (Å²) in [4.78, 5) is 13.8. The Morgan fingerprint density at radius 3 is 2.88 bits per heavy atom. The molecule has 0 radical (unpaired) electrons. The van der Waals surface area contributed by atoms with E-state index in [2.05, 4.69) is 0 Å². The summed E-state index contributed by atoms with van der Waals surface area (Å²) >= 11 is 1.63. The van der Waals surface area contributed by atoms with Crippen LogP contribution in [0.15, 0.2) is 22.8 Å². The van der Waals surface area contributed by atoms with E-state index >= 15 is 0 Å². The van der Waals surface area contributed by atoms with Crippen molar-refractivity contribution in [2.75, 3.05) is 18.8 Å². The molecule has 1 fully saturated rings. The van der Waals surface area contributed by atoms with E-state index in [4.69, 9.17) is 4.42 Å². The fourth-order valence-corrected chi connectivity index (χ4v) is 2.69. The first-order chi connectivity index (χ1) is 7.86. The van der Waals surface area contributed by atoms with Crippen LogP contribution in [0, 0.1) is 0 Å². The van der Waals surface area contributed by atoms with Crippen molar-refractivity contribution in [1.29, 1.82) is 0 Å². The molecule has 0 bridgehead atoms. The molecule has 4 heteroatoms. The van der Waals surface area contributed by atoms with E-state index in [0.717, 1.165) is 37.4 Å². The van der Waals surface area contributed by atoms with E-state index in [9.17, 15) is 4.79 Å². The zero-order valence-corrected chi connectivity index (χ0v) is 10.2. The lowest BCUT2D eigenvalue weighted by Crippen LogP contribution is -2.36. The van der Waals surface area contributed by atoms with Gasteiger partial charge in [0.2, 0.25) is 5.91 Å². The molecule has 0 N–H and O–H groups in total. The van der Waals surface area contributed by atoms with Crippen molar-refractivity contribution < 1.29 is 9.21 Å². The van der Waals surface area contributed by atoms with Crippen molar-refractivity contribution in [2.45, 2.75) is 25.0 Å². The first-order valence-corrected chi connectivity index (χ1v) is 6.89. The predicted molar refractivity (Wildman–Crippen MR) is 65.3 cm³/mol. The Morgan fingerprint density at radius 2 is 2.19 bits per heavy atom. The second kappa shape index (κ2) is 5.99. The van der Waals surface area contributed by atoms with Crippen LogP contribution < -0.4 is 0 Å². The maximum absolute atomic E-state index is 11.8. The third kappa shape index (κ3) is 3.30. The lowest BCUT2D eigenvalue weighted by atomic mass is 10.1. The number of hydrogen-bond donors (Lipinski definition) is 0. The summed E-state index contributed by atoms with van der Waals surface area (Å²) in [6, 6.07) is 3.82. The van der Waals surface area contributed by atoms with Crippen molar-refractivity contribution in [1.82, 2.24) is 4.90 Å². The molecule has 0 aromatic carbocycles. The van der Waals surface area contributed by atoms with Crippen LogP contribution in [0.5, 0.6) is 0 Å². The molecule has 1 aromatic heterocycles. The number of likely N-dealkylation sites (tertiary alicyclic amines) is 1. The molecular formula is C12H17NO2S. The number of furan rings is 1. The largest absolute Gasteiger partial charge is 0.468 e. The molecule has 3 nitrogen and oxygen atoms in total. The van der Waals surface area contributed by atoms with E-state index in [1.165, 1.54) is 6.42 Å². The van der Waals surface area contributed by atoms with Crippen LogP contribution in [0.25, 0.3) is 0 Å². The molecule has 0 saturated carbocycles. The van der Waals surface area contributed by atoms with E-state index in [1.807, 2.05) is 17.0 Å². The molecule has 1 aliphatic heterocycles. The maximum Gasteiger partial charge on any atom is 0.232 e. The Bertz CT molecular complexity index is 318. The van der Waals surface area contributed by atoms with Crippen LogP contribution in [0.1, 0.15) is 25.0 Å². The van der Waals surface area contributed by atoms with Crippen LogP contribution in [0.4, 0.5) is 0 Å². The van der Waals surface area contributed by atoms with Gasteiger partial charge >= 0.3 is 0 Å². The second-order valence-electron chi connectivity index (χ2n) is 4.01. The second-order valence-corrected chi connectivity index (χ2v) is 5.00. The SMILES string of the molecule is O=C(CSCc1ccco1)N1CCCCC1. The lowest BCUT2D eigenvalue weighted by molar-refractivity contribution is -0.129. The van der Waals surface area contributed by atoms with Gasteiger partial charge in [0.1, 0.15) is 5.76 Å². The summed E-state index contributed by atoms with van der Waals surface area (Å²) in [5.41, 5.74) is 0. The number of thioether (sulfide) groups is 1. The minimum absolute atomic E-state index is 0.274. The number of hydrogen-bond acceptors (Lipinski definition) is 3. The Kier molecular flexibility index (Phi) is 4.34. The van der Waals surface area contributed by atoms with Crippen LogP contribution in [-0.2, 0) is 10.5 Å². The van der Waals surface area contributed by atoms with Gasteiger partial charge in [-0.25, -0.2) is 0 Å². The Morgan fingerprint density at radius 1 is 1.38 bits per heavy atom. The highest BCUT2D eigenvalue weighted by atomic mass is 32.2. The summed E-state index contributed by atoms with van der Waals surface area (Å²) in [5, 5.41) is 0. The maximum atomic E-state index is 11.8. The van der Waals surface area contributed by atoms with Gasteiger partial charge in [0.05, 0.1) is 17.8 Å². The summed E-state index contributed by atoms with van der Waals surface area (Å²) in [6.45, 7) is 1.89. The van der Waals surface area contributed by atoms with Gasteiger partial charge < -0.3 is 9.32 Å². The number of amides is 1. The zero-order valence-electron chi connectivity index (χ0n) is 9.35. The molecule has 0 spiro atoms. The number of carbonyl (C=O) groups excluding carboxylic acids is 1. The quantitative estimate of drug-likeness (QED) is 0.809. The van der Waals surface area contributed by atoms with Gasteiger partial charge in [-0.3, -0.25) is 4.79 Å². The molecule has 1 saturated heterocycles. The van der Waals surface area contributed by atoms with Crippen LogP contribution in [0.3, 0.4) is 0 Å². The van der Waals surface area contributed by atoms with Gasteiger partial charge in [-0.2, -0.15) is 0 Å². The summed E-state index contributed by atoms with van der Waals surface area (Å²) < 4.78 is 5.22. The van der Waals surface area contributed by atoms with Crippen molar-refractivity contribution in [3.8, 4) is 0 Å². The molecule has 1 aliphatic rings. The highest BCUT2D eigenvalue weighted by Gasteiger charge is 2.15. The Hall–Kier alpha value is -0.900. The average molecular weight is 239 g/mol. The van der Waals surface area contributed by atoms with Gasteiger partial charge in [-0.1, -0.05) is 0 Å². The minimum Gasteiger partial charge on any atom is -0.468 e. The standard InChI is InChI=1S/C12H17NO2S/c14-12(13-6-2-1-3-7-13)10-16-9-11-5-4-8-15-11/h4-5,8H,1-3,6-7,9-10H2. The van der Waals surface area contributed by atoms with Crippen LogP contribution in [-0.4, -0.2) is 29.6 Å². The van der Waals surface area contributed by atoms with Crippen molar-refractivity contribution >= 4 is 17.7 Å². The van der Waals surface area contributed by atoms with Crippen LogP contribution >= 0.6 is 11.8 Å². The summed E-state index contributed by atoms with van der Waals surface area (Å²) in [6.07, 6.45) is 5.26. The lowest BCUT2D eigenvalue weighted by Gasteiger charge is -2.26. The van der Waals surface area contributed by atoms with E-state index in [0.29, 0.717) is 5.75 Å². The highest BCUT2D eigenvalue weighted by molar-refractivity contribution is 7.99. The summed E-state index contributed by atoms with van der Waals surface area (Å²) in [7, 11) is 0. The molecular weight excluding hydrogens is 222 g/mol. The van der Waals surface area contributed by atoms with E-state index < -0.39 is 0 Å². The normalized spacial score (nSPS) is 16.4. The number of piperidine rings is 1. The molecule has 2 rings (SSSR count). The Labute approximate surface area is 100 Å². The number of rotatable bonds is 4. The minimum atomic E-state index is 0.274. The number of nitrogens with zero attached hydrogens (tertiary/aromatic N) is 1. The highest BCUT2D eigenvalue weighted by Crippen LogP contribution is 2.15. The molecule has 0 aliphatic carbocycles. The zero-order chi connectivity index (χ0) is 11.2. The first kappa shape index (κ1) is 11.6. The van der Waals surface area contributed by atoms with Gasteiger partial charge in [0.25, 0.3) is 0 Å². The van der Waals surface area contributed by atoms with Crippen molar-refractivity contribution in [3.63, 3.8) is 0 Å². The fourth-order valence-electron chi connectivity index (χ4n) is 1.87. The van der Waals surface area contributed by atoms with Crippen molar-refractivity contribution in [2.24, 2.45) is 0 Å². The summed E-state index contributed by atoms with van der Waals surface area (Å²) in [5.74, 6) is 2.57. The smallest absolute Gasteiger partial charge is 0.232 e.